The molecule has 0 heterocycles. The summed E-state index contributed by atoms with van der Waals surface area (Å²) >= 11 is 5.97. The molecule has 24 heavy (non-hydrogen) atoms. The number of nitrogens with zero attached hydrogens (tertiary/aromatic N) is 1. The highest BCUT2D eigenvalue weighted by Crippen LogP contribution is 2.11. The first-order chi connectivity index (χ1) is 11.6. The minimum atomic E-state index is -0.326. The van der Waals surface area contributed by atoms with Crippen molar-refractivity contribution in [2.24, 2.45) is 5.10 Å². The lowest BCUT2D eigenvalue weighted by Gasteiger charge is -2.05. The van der Waals surface area contributed by atoms with Crippen LogP contribution in [0.1, 0.15) is 24.0 Å². The molecule has 0 unspecified atom stereocenters. The van der Waals surface area contributed by atoms with Crippen molar-refractivity contribution in [2.75, 3.05) is 0 Å². The standard InChI is InChI=1S/C18H18ClN3O2/c19-16-9-5-4-8-15(16)13-21-22-18(24)11-10-17(23)20-12-14-6-2-1-3-7-14/h1-9,13H,10-12H2,(H,20,23)(H,22,24). The third-order valence-corrected chi connectivity index (χ3v) is 3.55. The molecule has 2 N–H and O–H groups in total. The van der Waals surface area contributed by atoms with Gasteiger partial charge in [-0.3, -0.25) is 9.59 Å². The van der Waals surface area contributed by atoms with Gasteiger partial charge in [-0.2, -0.15) is 5.10 Å². The highest BCUT2D eigenvalue weighted by Gasteiger charge is 2.06. The van der Waals surface area contributed by atoms with Crippen molar-refractivity contribution in [3.8, 4) is 0 Å². The summed E-state index contributed by atoms with van der Waals surface area (Å²) in [4.78, 5) is 23.4. The number of carbonyl (C=O) groups is 2. The van der Waals surface area contributed by atoms with Crippen molar-refractivity contribution in [1.29, 1.82) is 0 Å². The lowest BCUT2D eigenvalue weighted by atomic mass is 10.2. The highest BCUT2D eigenvalue weighted by molar-refractivity contribution is 6.33. The van der Waals surface area contributed by atoms with Gasteiger partial charge < -0.3 is 5.32 Å². The number of hydrogen-bond donors (Lipinski definition) is 2. The first-order valence-electron chi connectivity index (χ1n) is 7.52. The third-order valence-electron chi connectivity index (χ3n) is 3.21. The average molecular weight is 344 g/mol. The van der Waals surface area contributed by atoms with Gasteiger partial charge >= 0.3 is 0 Å². The summed E-state index contributed by atoms with van der Waals surface area (Å²) in [7, 11) is 0. The summed E-state index contributed by atoms with van der Waals surface area (Å²) in [6.45, 7) is 0.450. The zero-order chi connectivity index (χ0) is 17.2. The second kappa shape index (κ2) is 9.47. The van der Waals surface area contributed by atoms with Crippen LogP contribution in [-0.2, 0) is 16.1 Å². The van der Waals surface area contributed by atoms with E-state index in [2.05, 4.69) is 15.8 Å². The van der Waals surface area contributed by atoms with E-state index in [0.29, 0.717) is 17.1 Å². The van der Waals surface area contributed by atoms with E-state index in [1.54, 1.807) is 12.1 Å². The van der Waals surface area contributed by atoms with E-state index < -0.39 is 0 Å². The molecular formula is C18H18ClN3O2. The van der Waals surface area contributed by atoms with Gasteiger partial charge in [0.05, 0.1) is 6.21 Å². The lowest BCUT2D eigenvalue weighted by molar-refractivity contribution is -0.126. The molecule has 5 nitrogen and oxygen atoms in total. The average Bonchev–Trinajstić information content (AvgIpc) is 2.61. The second-order valence-corrected chi connectivity index (χ2v) is 5.48. The van der Waals surface area contributed by atoms with E-state index in [9.17, 15) is 9.59 Å². The fourth-order valence-electron chi connectivity index (χ4n) is 1.92. The molecule has 0 aliphatic carbocycles. The molecule has 0 aliphatic rings. The van der Waals surface area contributed by atoms with Crippen LogP contribution in [-0.4, -0.2) is 18.0 Å². The first kappa shape index (κ1) is 17.7. The summed E-state index contributed by atoms with van der Waals surface area (Å²) in [6, 6.07) is 16.7. The van der Waals surface area contributed by atoms with Crippen molar-refractivity contribution >= 4 is 29.6 Å². The van der Waals surface area contributed by atoms with Gasteiger partial charge in [0, 0.05) is 30.0 Å². The maximum atomic E-state index is 11.7. The number of rotatable bonds is 7. The summed E-state index contributed by atoms with van der Waals surface area (Å²) in [5.41, 5.74) is 4.10. The summed E-state index contributed by atoms with van der Waals surface area (Å²) in [5.74, 6) is -0.503. The normalized spacial score (nSPS) is 10.5. The molecule has 0 saturated carbocycles. The maximum absolute atomic E-state index is 11.7. The molecule has 0 fully saturated rings. The van der Waals surface area contributed by atoms with Crippen LogP contribution < -0.4 is 10.7 Å². The molecule has 0 radical (unpaired) electrons. The minimum absolute atomic E-state index is 0.0699. The van der Waals surface area contributed by atoms with Gasteiger partial charge in [-0.25, -0.2) is 5.43 Å². The van der Waals surface area contributed by atoms with E-state index in [0.717, 1.165) is 5.56 Å². The maximum Gasteiger partial charge on any atom is 0.240 e. The Bertz CT molecular complexity index is 717. The first-order valence-corrected chi connectivity index (χ1v) is 7.90. The van der Waals surface area contributed by atoms with E-state index in [-0.39, 0.29) is 24.7 Å². The molecule has 2 aromatic rings. The van der Waals surface area contributed by atoms with Gasteiger partial charge in [-0.05, 0) is 11.6 Å². The SMILES string of the molecule is O=C(CCC(=O)NN=Cc1ccccc1Cl)NCc1ccccc1. The molecule has 6 heteroatoms. The van der Waals surface area contributed by atoms with Crippen molar-refractivity contribution in [3.63, 3.8) is 0 Å². The molecule has 0 saturated heterocycles. The van der Waals surface area contributed by atoms with E-state index >= 15 is 0 Å². The van der Waals surface area contributed by atoms with Crippen LogP contribution >= 0.6 is 11.6 Å². The number of hydrazone groups is 1. The van der Waals surface area contributed by atoms with E-state index in [1.165, 1.54) is 6.21 Å². The van der Waals surface area contributed by atoms with Gasteiger partial charge in [0.15, 0.2) is 0 Å². The fourth-order valence-corrected chi connectivity index (χ4v) is 2.11. The van der Waals surface area contributed by atoms with Crippen LogP contribution in [0.2, 0.25) is 5.02 Å². The van der Waals surface area contributed by atoms with Crippen molar-refractivity contribution < 1.29 is 9.59 Å². The Hall–Kier alpha value is -2.66. The number of amides is 2. The predicted octanol–water partition coefficient (Wildman–Crippen LogP) is 2.89. The zero-order valence-electron chi connectivity index (χ0n) is 13.0. The molecule has 2 aromatic carbocycles. The largest absolute Gasteiger partial charge is 0.352 e. The molecule has 0 aliphatic heterocycles. The van der Waals surface area contributed by atoms with Gasteiger partial charge in [0.1, 0.15) is 0 Å². The van der Waals surface area contributed by atoms with Crippen molar-refractivity contribution in [2.45, 2.75) is 19.4 Å². The Morgan fingerprint density at radius 2 is 1.62 bits per heavy atom. The van der Waals surface area contributed by atoms with Gasteiger partial charge in [0.25, 0.3) is 0 Å². The number of carbonyl (C=O) groups excluding carboxylic acids is 2. The number of benzene rings is 2. The van der Waals surface area contributed by atoms with Crippen LogP contribution in [0.25, 0.3) is 0 Å². The Kier molecular flexibility index (Phi) is 6.98. The topological polar surface area (TPSA) is 70.6 Å². The van der Waals surface area contributed by atoms with Gasteiger partial charge in [-0.1, -0.05) is 60.1 Å². The molecule has 2 amide bonds. The highest BCUT2D eigenvalue weighted by atomic mass is 35.5. The molecule has 2 rings (SSSR count). The second-order valence-electron chi connectivity index (χ2n) is 5.08. The molecule has 124 valence electrons. The quantitative estimate of drug-likeness (QED) is 0.599. The number of hydrogen-bond acceptors (Lipinski definition) is 3. The van der Waals surface area contributed by atoms with Crippen LogP contribution in [0.15, 0.2) is 59.7 Å². The smallest absolute Gasteiger partial charge is 0.240 e. The van der Waals surface area contributed by atoms with Crippen molar-refractivity contribution in [1.82, 2.24) is 10.7 Å². The molecule has 0 aromatic heterocycles. The molecule has 0 bridgehead atoms. The van der Waals surface area contributed by atoms with Crippen LogP contribution in [0.5, 0.6) is 0 Å². The molecule has 0 atom stereocenters. The monoisotopic (exact) mass is 343 g/mol. The Balaban J connectivity index is 1.67. The summed E-state index contributed by atoms with van der Waals surface area (Å²) in [5, 5.41) is 7.15. The van der Waals surface area contributed by atoms with Gasteiger partial charge in [-0.15, -0.1) is 0 Å². The summed E-state index contributed by atoms with van der Waals surface area (Å²) < 4.78 is 0. The Morgan fingerprint density at radius 3 is 2.38 bits per heavy atom. The minimum Gasteiger partial charge on any atom is -0.352 e. The van der Waals surface area contributed by atoms with Crippen LogP contribution in [0.4, 0.5) is 0 Å². The predicted molar refractivity (Wildman–Crippen MR) is 94.7 cm³/mol. The summed E-state index contributed by atoms with van der Waals surface area (Å²) in [6.07, 6.45) is 1.65. The fraction of sp³-hybridized carbons (Fsp3) is 0.167. The van der Waals surface area contributed by atoms with E-state index in [1.807, 2.05) is 42.5 Å². The van der Waals surface area contributed by atoms with Gasteiger partial charge in [0.2, 0.25) is 11.8 Å². The molecule has 0 spiro atoms. The van der Waals surface area contributed by atoms with Crippen LogP contribution in [0.3, 0.4) is 0 Å². The zero-order valence-corrected chi connectivity index (χ0v) is 13.8. The Morgan fingerprint density at radius 1 is 0.958 bits per heavy atom. The number of halogens is 1. The van der Waals surface area contributed by atoms with E-state index in [4.69, 9.17) is 11.6 Å². The lowest BCUT2D eigenvalue weighted by Crippen LogP contribution is -2.25. The van der Waals surface area contributed by atoms with Crippen molar-refractivity contribution in [3.05, 3.63) is 70.7 Å². The molecular weight excluding hydrogens is 326 g/mol. The third kappa shape index (κ3) is 6.22. The van der Waals surface area contributed by atoms with Crippen LogP contribution in [0, 0.1) is 0 Å². The number of nitrogens with one attached hydrogen (secondary N) is 2. The Labute approximate surface area is 145 Å².